The Morgan fingerprint density at radius 1 is 1.28 bits per heavy atom. The summed E-state index contributed by atoms with van der Waals surface area (Å²) in [7, 11) is 1.70. The average molecular weight is 266 g/mol. The summed E-state index contributed by atoms with van der Waals surface area (Å²) in [6, 6.07) is 7.97. The van der Waals surface area contributed by atoms with Crippen molar-refractivity contribution in [2.75, 3.05) is 37.6 Å². The lowest BCUT2D eigenvalue weighted by atomic mass is 10.2. The summed E-state index contributed by atoms with van der Waals surface area (Å²) < 4.78 is 5.13. The molecular formula is C13H16ClN3O. The molecule has 4 nitrogen and oxygen atoms in total. The van der Waals surface area contributed by atoms with E-state index in [1.165, 1.54) is 0 Å². The van der Waals surface area contributed by atoms with Gasteiger partial charge in [-0.2, -0.15) is 10.2 Å². The van der Waals surface area contributed by atoms with Crippen LogP contribution in [0.15, 0.2) is 30.5 Å². The summed E-state index contributed by atoms with van der Waals surface area (Å²) in [5.74, 6) is 0.570. The molecule has 0 saturated carbocycles. The molecule has 0 fully saturated rings. The fourth-order valence-electron chi connectivity index (χ4n) is 1.90. The number of hydrogen-bond donors (Lipinski definition) is 0. The average Bonchev–Trinajstić information content (AvgIpc) is 2.43. The molecule has 18 heavy (non-hydrogen) atoms. The van der Waals surface area contributed by atoms with Gasteiger partial charge >= 0.3 is 0 Å². The molecule has 0 saturated heterocycles. The summed E-state index contributed by atoms with van der Waals surface area (Å²) in [4.78, 5) is 2.17. The van der Waals surface area contributed by atoms with Crippen LogP contribution in [0.2, 0.25) is 0 Å². The van der Waals surface area contributed by atoms with Crippen LogP contribution >= 0.6 is 11.6 Å². The van der Waals surface area contributed by atoms with Gasteiger partial charge in [-0.25, -0.2) is 0 Å². The van der Waals surface area contributed by atoms with E-state index >= 15 is 0 Å². The number of nitrogens with zero attached hydrogens (tertiary/aromatic N) is 3. The van der Waals surface area contributed by atoms with Gasteiger partial charge in [0.25, 0.3) is 0 Å². The Kier molecular flexibility index (Phi) is 4.73. The maximum atomic E-state index is 5.86. The van der Waals surface area contributed by atoms with Gasteiger partial charge in [0.15, 0.2) is 0 Å². The molecule has 0 bridgehead atoms. The highest BCUT2D eigenvalue weighted by Gasteiger charge is 2.10. The van der Waals surface area contributed by atoms with Crippen LogP contribution in [0, 0.1) is 0 Å². The Morgan fingerprint density at radius 2 is 2.11 bits per heavy atom. The van der Waals surface area contributed by atoms with Crippen molar-refractivity contribution >= 4 is 28.2 Å². The highest BCUT2D eigenvalue weighted by atomic mass is 35.5. The molecule has 0 unspecified atom stereocenters. The van der Waals surface area contributed by atoms with Gasteiger partial charge in [-0.05, 0) is 6.07 Å². The van der Waals surface area contributed by atoms with Crippen molar-refractivity contribution in [3.63, 3.8) is 0 Å². The quantitative estimate of drug-likeness (QED) is 0.752. The molecule has 2 aromatic rings. The molecule has 5 heteroatoms. The minimum Gasteiger partial charge on any atom is -0.383 e. The standard InChI is InChI=1S/C13H16ClN3O/c1-18-9-8-17(7-6-14)13-10-15-16-12-5-3-2-4-11(12)13/h2-5,10H,6-9H2,1H3. The molecule has 1 aromatic carbocycles. The zero-order valence-corrected chi connectivity index (χ0v) is 11.1. The number of hydrogen-bond acceptors (Lipinski definition) is 4. The van der Waals surface area contributed by atoms with Crippen LogP contribution in [-0.4, -0.2) is 42.9 Å². The van der Waals surface area contributed by atoms with Gasteiger partial charge in [0.1, 0.15) is 0 Å². The smallest absolute Gasteiger partial charge is 0.0950 e. The van der Waals surface area contributed by atoms with Crippen molar-refractivity contribution < 1.29 is 4.74 Å². The maximum absolute atomic E-state index is 5.86. The maximum Gasteiger partial charge on any atom is 0.0950 e. The molecule has 0 amide bonds. The first-order chi connectivity index (χ1) is 8.86. The minimum atomic E-state index is 0.570. The van der Waals surface area contributed by atoms with Crippen LogP contribution in [0.3, 0.4) is 0 Å². The second-order valence-corrected chi connectivity index (χ2v) is 4.29. The van der Waals surface area contributed by atoms with Gasteiger partial charge < -0.3 is 9.64 Å². The lowest BCUT2D eigenvalue weighted by molar-refractivity contribution is 0.205. The number of methoxy groups -OCH3 is 1. The van der Waals surface area contributed by atoms with E-state index in [1.54, 1.807) is 13.3 Å². The molecule has 0 radical (unpaired) electrons. The minimum absolute atomic E-state index is 0.570. The first-order valence-electron chi connectivity index (χ1n) is 5.87. The van der Waals surface area contributed by atoms with E-state index in [0.717, 1.165) is 29.7 Å². The lowest BCUT2D eigenvalue weighted by Gasteiger charge is -2.24. The van der Waals surface area contributed by atoms with Crippen molar-refractivity contribution in [2.45, 2.75) is 0 Å². The number of anilines is 1. The third kappa shape index (κ3) is 2.89. The van der Waals surface area contributed by atoms with E-state index in [-0.39, 0.29) is 0 Å². The second kappa shape index (κ2) is 6.52. The summed E-state index contributed by atoms with van der Waals surface area (Å²) in [5, 5.41) is 9.26. The largest absolute Gasteiger partial charge is 0.383 e. The number of fused-ring (bicyclic) bond motifs is 1. The summed E-state index contributed by atoms with van der Waals surface area (Å²) in [6.07, 6.45) is 1.78. The summed E-state index contributed by atoms with van der Waals surface area (Å²) in [6.45, 7) is 2.22. The molecule has 96 valence electrons. The van der Waals surface area contributed by atoms with Crippen molar-refractivity contribution in [1.29, 1.82) is 0 Å². The second-order valence-electron chi connectivity index (χ2n) is 3.92. The number of aromatic nitrogens is 2. The van der Waals surface area contributed by atoms with Gasteiger partial charge in [-0.3, -0.25) is 0 Å². The lowest BCUT2D eigenvalue weighted by Crippen LogP contribution is -2.29. The van der Waals surface area contributed by atoms with Crippen LogP contribution < -0.4 is 4.90 Å². The third-order valence-electron chi connectivity index (χ3n) is 2.79. The van der Waals surface area contributed by atoms with Crippen LogP contribution in [0.25, 0.3) is 10.9 Å². The topological polar surface area (TPSA) is 38.2 Å². The predicted molar refractivity (Wildman–Crippen MR) is 74.3 cm³/mol. The number of halogens is 1. The molecule has 0 aliphatic carbocycles. The molecule has 0 aliphatic rings. The van der Waals surface area contributed by atoms with Gasteiger partial charge in [-0.15, -0.1) is 11.6 Å². The van der Waals surface area contributed by atoms with E-state index in [4.69, 9.17) is 16.3 Å². The van der Waals surface area contributed by atoms with Crippen molar-refractivity contribution in [3.8, 4) is 0 Å². The normalized spacial score (nSPS) is 10.8. The van der Waals surface area contributed by atoms with Gasteiger partial charge in [0.05, 0.1) is 24.0 Å². The van der Waals surface area contributed by atoms with Crippen LogP contribution in [-0.2, 0) is 4.74 Å². The molecule has 1 aromatic heterocycles. The number of benzene rings is 1. The number of alkyl halides is 1. The highest BCUT2D eigenvalue weighted by molar-refractivity contribution is 6.18. The van der Waals surface area contributed by atoms with Crippen molar-refractivity contribution in [1.82, 2.24) is 10.2 Å². The fraction of sp³-hybridized carbons (Fsp3) is 0.385. The number of ether oxygens (including phenoxy) is 1. The van der Waals surface area contributed by atoms with E-state index in [1.807, 2.05) is 24.3 Å². The molecule has 1 heterocycles. The summed E-state index contributed by atoms with van der Waals surface area (Å²) in [5.41, 5.74) is 1.95. The Labute approximate surface area is 112 Å². The molecular weight excluding hydrogens is 250 g/mol. The molecule has 0 aliphatic heterocycles. The van der Waals surface area contributed by atoms with E-state index < -0.39 is 0 Å². The Bertz CT molecular complexity index is 501. The van der Waals surface area contributed by atoms with Gasteiger partial charge in [0, 0.05) is 31.5 Å². The molecule has 2 rings (SSSR count). The van der Waals surface area contributed by atoms with Gasteiger partial charge in [0.2, 0.25) is 0 Å². The fourth-order valence-corrected chi connectivity index (χ4v) is 2.10. The molecule has 0 spiro atoms. The van der Waals surface area contributed by atoms with Crippen LogP contribution in [0.5, 0.6) is 0 Å². The first kappa shape index (κ1) is 13.1. The van der Waals surface area contributed by atoms with E-state index in [0.29, 0.717) is 12.5 Å². The zero-order valence-electron chi connectivity index (χ0n) is 10.3. The SMILES string of the molecule is COCCN(CCCl)c1cnnc2ccccc12. The van der Waals surface area contributed by atoms with Crippen LogP contribution in [0.4, 0.5) is 5.69 Å². The highest BCUT2D eigenvalue weighted by Crippen LogP contribution is 2.23. The third-order valence-corrected chi connectivity index (χ3v) is 2.95. The van der Waals surface area contributed by atoms with Crippen molar-refractivity contribution in [3.05, 3.63) is 30.5 Å². The van der Waals surface area contributed by atoms with E-state index in [2.05, 4.69) is 15.1 Å². The van der Waals surface area contributed by atoms with Crippen molar-refractivity contribution in [2.24, 2.45) is 0 Å². The molecule has 0 atom stereocenters. The van der Waals surface area contributed by atoms with Gasteiger partial charge in [-0.1, -0.05) is 18.2 Å². The summed E-state index contributed by atoms with van der Waals surface area (Å²) >= 11 is 5.86. The van der Waals surface area contributed by atoms with E-state index in [9.17, 15) is 0 Å². The first-order valence-corrected chi connectivity index (χ1v) is 6.40. The Hall–Kier alpha value is -1.39. The Balaban J connectivity index is 2.36. The monoisotopic (exact) mass is 265 g/mol. The molecule has 0 N–H and O–H groups in total. The predicted octanol–water partition coefficient (Wildman–Crippen LogP) is 2.32. The number of rotatable bonds is 6. The zero-order chi connectivity index (χ0) is 12.8. The Morgan fingerprint density at radius 3 is 2.89 bits per heavy atom. The van der Waals surface area contributed by atoms with Crippen LogP contribution in [0.1, 0.15) is 0 Å².